The summed E-state index contributed by atoms with van der Waals surface area (Å²) in [4.78, 5) is 0. The zero-order chi connectivity index (χ0) is 13.1. The van der Waals surface area contributed by atoms with E-state index in [1.165, 1.54) is 0 Å². The molecular formula is C14H13BN2O. The number of rotatable bonds is 3. The van der Waals surface area contributed by atoms with E-state index < -0.39 is 0 Å². The van der Waals surface area contributed by atoms with Gasteiger partial charge in [-0.3, -0.25) is 5.41 Å². The van der Waals surface area contributed by atoms with Crippen molar-refractivity contribution in [1.82, 2.24) is 0 Å². The number of benzene rings is 2. The van der Waals surface area contributed by atoms with Gasteiger partial charge in [-0.25, -0.2) is 0 Å². The van der Waals surface area contributed by atoms with Gasteiger partial charge in [0.05, 0.1) is 12.7 Å². The lowest BCUT2D eigenvalue weighted by Gasteiger charge is -2.10. The first-order valence-corrected chi connectivity index (χ1v) is 5.50. The van der Waals surface area contributed by atoms with Crippen molar-refractivity contribution in [2.45, 2.75) is 0 Å². The second-order valence-corrected chi connectivity index (χ2v) is 3.95. The summed E-state index contributed by atoms with van der Waals surface area (Å²) in [5, 5.41) is 7.46. The van der Waals surface area contributed by atoms with Crippen molar-refractivity contribution in [3.8, 4) is 16.9 Å². The Kier molecular flexibility index (Phi) is 3.37. The highest BCUT2D eigenvalue weighted by Gasteiger charge is 2.07. The molecule has 0 saturated heterocycles. The van der Waals surface area contributed by atoms with Crippen molar-refractivity contribution in [1.29, 1.82) is 5.41 Å². The molecule has 2 aromatic carbocycles. The van der Waals surface area contributed by atoms with E-state index in [0.717, 1.165) is 16.6 Å². The molecule has 0 aliphatic rings. The van der Waals surface area contributed by atoms with Crippen molar-refractivity contribution in [3.05, 3.63) is 48.0 Å². The van der Waals surface area contributed by atoms with Crippen molar-refractivity contribution in [2.75, 3.05) is 7.11 Å². The zero-order valence-corrected chi connectivity index (χ0v) is 10.1. The molecule has 0 spiro atoms. The maximum absolute atomic E-state index is 7.46. The standard InChI is InChI=1S/C14H13BN2O/c1-18-13-8-10(4-7-12(13)14(16)17)9-2-5-11(15)6-3-9/h2-8H,1H3,(H3,16,17). The van der Waals surface area contributed by atoms with Crippen molar-refractivity contribution in [3.63, 3.8) is 0 Å². The minimum atomic E-state index is -0.00398. The van der Waals surface area contributed by atoms with Crippen LogP contribution in [0.1, 0.15) is 5.56 Å². The van der Waals surface area contributed by atoms with Gasteiger partial charge in [0.1, 0.15) is 19.4 Å². The van der Waals surface area contributed by atoms with Gasteiger partial charge in [0.2, 0.25) is 0 Å². The van der Waals surface area contributed by atoms with Gasteiger partial charge in [-0.15, -0.1) is 0 Å². The topological polar surface area (TPSA) is 59.1 Å². The molecule has 0 unspecified atom stereocenters. The maximum Gasteiger partial charge on any atom is 0.130 e. The second-order valence-electron chi connectivity index (χ2n) is 3.95. The highest BCUT2D eigenvalue weighted by atomic mass is 16.5. The van der Waals surface area contributed by atoms with Crippen LogP contribution in [-0.2, 0) is 0 Å². The molecule has 0 bridgehead atoms. The van der Waals surface area contributed by atoms with Crippen LogP contribution in [-0.4, -0.2) is 20.8 Å². The number of ether oxygens (including phenoxy) is 1. The lowest BCUT2D eigenvalue weighted by atomic mass is 9.93. The zero-order valence-electron chi connectivity index (χ0n) is 10.1. The van der Waals surface area contributed by atoms with Crippen molar-refractivity contribution < 1.29 is 4.74 Å². The first-order chi connectivity index (χ1) is 8.61. The summed E-state index contributed by atoms with van der Waals surface area (Å²) in [6.07, 6.45) is 0. The predicted molar refractivity (Wildman–Crippen MR) is 74.8 cm³/mol. The van der Waals surface area contributed by atoms with Crippen molar-refractivity contribution in [2.24, 2.45) is 5.73 Å². The minimum Gasteiger partial charge on any atom is -0.496 e. The number of amidine groups is 1. The molecule has 2 radical (unpaired) electrons. The SMILES string of the molecule is [B]c1ccc(-c2ccc(C(=N)N)c(OC)c2)cc1. The van der Waals surface area contributed by atoms with E-state index >= 15 is 0 Å². The highest BCUT2D eigenvalue weighted by Crippen LogP contribution is 2.26. The quantitative estimate of drug-likeness (QED) is 0.481. The van der Waals surface area contributed by atoms with Gasteiger partial charge in [0.15, 0.2) is 0 Å². The van der Waals surface area contributed by atoms with Crippen LogP contribution >= 0.6 is 0 Å². The normalized spacial score (nSPS) is 10.1. The van der Waals surface area contributed by atoms with Crippen LogP contribution in [0.4, 0.5) is 0 Å². The molecule has 0 aliphatic carbocycles. The Balaban J connectivity index is 2.47. The van der Waals surface area contributed by atoms with Gasteiger partial charge in [0, 0.05) is 0 Å². The third-order valence-electron chi connectivity index (χ3n) is 2.74. The Bertz CT molecular complexity index is 579. The Morgan fingerprint density at radius 1 is 1.11 bits per heavy atom. The Labute approximate surface area is 108 Å². The molecule has 0 heterocycles. The Morgan fingerprint density at radius 3 is 2.28 bits per heavy atom. The van der Waals surface area contributed by atoms with Gasteiger partial charge in [-0.1, -0.05) is 35.8 Å². The number of hydrogen-bond acceptors (Lipinski definition) is 2. The van der Waals surface area contributed by atoms with Gasteiger partial charge in [-0.2, -0.15) is 0 Å². The molecule has 0 aromatic heterocycles. The average molecular weight is 236 g/mol. The summed E-state index contributed by atoms with van der Waals surface area (Å²) < 4.78 is 5.25. The van der Waals surface area contributed by atoms with Crippen LogP contribution < -0.4 is 15.9 Å². The lowest BCUT2D eigenvalue weighted by molar-refractivity contribution is 0.414. The van der Waals surface area contributed by atoms with Crippen LogP contribution in [0.15, 0.2) is 42.5 Å². The molecule has 3 N–H and O–H groups in total. The lowest BCUT2D eigenvalue weighted by Crippen LogP contribution is -2.12. The summed E-state index contributed by atoms with van der Waals surface area (Å²) in [6.45, 7) is 0. The third kappa shape index (κ3) is 2.37. The van der Waals surface area contributed by atoms with E-state index in [9.17, 15) is 0 Å². The fraction of sp³-hybridized carbons (Fsp3) is 0.0714. The number of nitrogens with two attached hydrogens (primary N) is 1. The maximum atomic E-state index is 7.46. The van der Waals surface area contributed by atoms with E-state index in [1.54, 1.807) is 13.2 Å². The van der Waals surface area contributed by atoms with Gasteiger partial charge >= 0.3 is 0 Å². The highest BCUT2D eigenvalue weighted by molar-refractivity contribution is 6.32. The van der Waals surface area contributed by atoms with E-state index in [0.29, 0.717) is 11.3 Å². The molecule has 2 rings (SSSR count). The molecule has 2 aromatic rings. The summed E-state index contributed by atoms with van der Waals surface area (Å²) in [6, 6.07) is 13.1. The molecular weight excluding hydrogens is 223 g/mol. The largest absolute Gasteiger partial charge is 0.496 e. The summed E-state index contributed by atoms with van der Waals surface area (Å²) >= 11 is 0. The monoisotopic (exact) mass is 236 g/mol. The molecule has 0 fully saturated rings. The first kappa shape index (κ1) is 12.2. The van der Waals surface area contributed by atoms with E-state index in [1.807, 2.05) is 36.4 Å². The molecule has 0 aliphatic heterocycles. The number of nitrogen functional groups attached to an aromatic ring is 1. The minimum absolute atomic E-state index is 0.00398. The summed E-state index contributed by atoms with van der Waals surface area (Å²) in [7, 11) is 7.22. The molecule has 0 amide bonds. The Morgan fingerprint density at radius 2 is 1.72 bits per heavy atom. The van der Waals surface area contributed by atoms with Crippen LogP contribution in [0.5, 0.6) is 5.75 Å². The van der Waals surface area contributed by atoms with Gasteiger partial charge in [0.25, 0.3) is 0 Å². The van der Waals surface area contributed by atoms with E-state index in [4.69, 9.17) is 23.7 Å². The summed E-state index contributed by atoms with van der Waals surface area (Å²) in [5.74, 6) is 0.590. The second kappa shape index (κ2) is 4.96. The van der Waals surface area contributed by atoms with Crippen LogP contribution in [0.3, 0.4) is 0 Å². The first-order valence-electron chi connectivity index (χ1n) is 5.50. The van der Waals surface area contributed by atoms with Crippen LogP contribution in [0.25, 0.3) is 11.1 Å². The van der Waals surface area contributed by atoms with Crippen LogP contribution in [0, 0.1) is 5.41 Å². The van der Waals surface area contributed by atoms with E-state index in [2.05, 4.69) is 0 Å². The fourth-order valence-electron chi connectivity index (χ4n) is 1.77. The average Bonchev–Trinajstić information content (AvgIpc) is 2.38. The van der Waals surface area contributed by atoms with E-state index in [-0.39, 0.29) is 5.84 Å². The number of methoxy groups -OCH3 is 1. The molecule has 18 heavy (non-hydrogen) atoms. The molecule has 3 nitrogen and oxygen atoms in total. The number of nitrogens with one attached hydrogen (secondary N) is 1. The van der Waals surface area contributed by atoms with Crippen molar-refractivity contribution >= 4 is 19.1 Å². The fourth-order valence-corrected chi connectivity index (χ4v) is 1.77. The molecule has 88 valence electrons. The van der Waals surface area contributed by atoms with Gasteiger partial charge < -0.3 is 10.5 Å². The number of hydrogen-bond donors (Lipinski definition) is 2. The summed E-state index contributed by atoms with van der Waals surface area (Å²) in [5.41, 5.74) is 8.84. The molecule has 4 heteroatoms. The molecule has 0 atom stereocenters. The Hall–Kier alpha value is -2.23. The third-order valence-corrected chi connectivity index (χ3v) is 2.74. The predicted octanol–water partition coefficient (Wildman–Crippen LogP) is 1.44. The van der Waals surface area contributed by atoms with Gasteiger partial charge in [-0.05, 0) is 23.3 Å². The molecule has 0 saturated carbocycles. The van der Waals surface area contributed by atoms with Crippen LogP contribution in [0.2, 0.25) is 0 Å². The smallest absolute Gasteiger partial charge is 0.130 e.